The first-order valence-electron chi connectivity index (χ1n) is 10.1. The molecular formula is C22H26N2O4S. The zero-order valence-electron chi connectivity index (χ0n) is 16.3. The van der Waals surface area contributed by atoms with Crippen LogP contribution in [0, 0.1) is 5.92 Å². The van der Waals surface area contributed by atoms with Crippen molar-refractivity contribution in [1.29, 1.82) is 0 Å². The summed E-state index contributed by atoms with van der Waals surface area (Å²) in [6, 6.07) is 16.2. The molecule has 0 spiro atoms. The van der Waals surface area contributed by atoms with Crippen LogP contribution in [0.25, 0.3) is 0 Å². The second-order valence-electron chi connectivity index (χ2n) is 7.60. The third-order valence-electron chi connectivity index (χ3n) is 5.77. The van der Waals surface area contributed by atoms with Crippen molar-refractivity contribution >= 4 is 15.9 Å². The molecule has 1 amide bonds. The number of nitrogens with zero attached hydrogens (tertiary/aromatic N) is 1. The Balaban J connectivity index is 1.55. The van der Waals surface area contributed by atoms with Crippen LogP contribution in [-0.2, 0) is 14.8 Å². The summed E-state index contributed by atoms with van der Waals surface area (Å²) in [5.41, 5.74) is 1.45. The minimum atomic E-state index is -3.64. The van der Waals surface area contributed by atoms with Gasteiger partial charge in [0, 0.05) is 18.7 Å². The molecule has 2 aromatic carbocycles. The van der Waals surface area contributed by atoms with Crippen LogP contribution >= 0.6 is 0 Å². The summed E-state index contributed by atoms with van der Waals surface area (Å²) in [5.74, 6) is 0.173. The van der Waals surface area contributed by atoms with Crippen LogP contribution in [0.1, 0.15) is 41.2 Å². The van der Waals surface area contributed by atoms with Crippen LogP contribution in [0.4, 0.5) is 0 Å². The van der Waals surface area contributed by atoms with Crippen molar-refractivity contribution < 1.29 is 17.9 Å². The maximum atomic E-state index is 13.0. The number of nitrogens with one attached hydrogen (secondary N) is 1. The van der Waals surface area contributed by atoms with Crippen LogP contribution in [0.2, 0.25) is 0 Å². The van der Waals surface area contributed by atoms with E-state index in [1.54, 1.807) is 18.2 Å². The molecule has 0 aromatic heterocycles. The molecule has 2 aliphatic rings. The molecule has 6 nitrogen and oxygen atoms in total. The minimum absolute atomic E-state index is 0.0584. The fourth-order valence-corrected chi connectivity index (χ4v) is 5.32. The van der Waals surface area contributed by atoms with E-state index in [2.05, 4.69) is 5.32 Å². The van der Waals surface area contributed by atoms with Gasteiger partial charge >= 0.3 is 0 Å². The average Bonchev–Trinajstić information content (AvgIpc) is 2.73. The molecule has 154 valence electrons. The van der Waals surface area contributed by atoms with Crippen LogP contribution in [0.15, 0.2) is 59.5 Å². The zero-order valence-corrected chi connectivity index (χ0v) is 17.1. The Morgan fingerprint density at radius 1 is 1.03 bits per heavy atom. The highest BCUT2D eigenvalue weighted by Crippen LogP contribution is 2.37. The predicted molar refractivity (Wildman–Crippen MR) is 110 cm³/mol. The molecule has 1 N–H and O–H groups in total. The Kier molecular flexibility index (Phi) is 5.99. The molecule has 1 aliphatic carbocycles. The number of rotatable bonds is 6. The van der Waals surface area contributed by atoms with E-state index in [0.717, 1.165) is 18.4 Å². The fourth-order valence-electron chi connectivity index (χ4n) is 3.87. The van der Waals surface area contributed by atoms with Gasteiger partial charge in [-0.2, -0.15) is 4.31 Å². The molecular weight excluding hydrogens is 388 g/mol. The zero-order chi connectivity index (χ0) is 20.3. The summed E-state index contributed by atoms with van der Waals surface area (Å²) < 4.78 is 32.5. The van der Waals surface area contributed by atoms with E-state index >= 15 is 0 Å². The number of sulfonamides is 1. The molecule has 2 aromatic rings. The Bertz CT molecular complexity index is 952. The van der Waals surface area contributed by atoms with Gasteiger partial charge in [0.15, 0.2) is 0 Å². The highest BCUT2D eigenvalue weighted by molar-refractivity contribution is 7.89. The van der Waals surface area contributed by atoms with Gasteiger partial charge in [-0.15, -0.1) is 0 Å². The molecule has 29 heavy (non-hydrogen) atoms. The number of hydrogen-bond donors (Lipinski definition) is 1. The first kappa shape index (κ1) is 20.1. The van der Waals surface area contributed by atoms with Crippen LogP contribution in [0.3, 0.4) is 0 Å². The van der Waals surface area contributed by atoms with Crippen LogP contribution in [0.5, 0.6) is 0 Å². The van der Waals surface area contributed by atoms with E-state index in [4.69, 9.17) is 4.74 Å². The molecule has 0 radical (unpaired) electrons. The van der Waals surface area contributed by atoms with E-state index in [0.29, 0.717) is 37.8 Å². The smallest absolute Gasteiger partial charge is 0.251 e. The van der Waals surface area contributed by atoms with Gasteiger partial charge in [0.2, 0.25) is 10.0 Å². The van der Waals surface area contributed by atoms with E-state index in [-0.39, 0.29) is 16.8 Å². The number of hydrogen-bond acceptors (Lipinski definition) is 4. The first-order chi connectivity index (χ1) is 14.1. The maximum absolute atomic E-state index is 13.0. The topological polar surface area (TPSA) is 75.7 Å². The van der Waals surface area contributed by atoms with Crippen molar-refractivity contribution in [1.82, 2.24) is 9.62 Å². The minimum Gasteiger partial charge on any atom is -0.379 e. The molecule has 1 saturated carbocycles. The lowest BCUT2D eigenvalue weighted by atomic mass is 9.77. The summed E-state index contributed by atoms with van der Waals surface area (Å²) in [5, 5.41) is 3.14. The number of carbonyl (C=O) groups excluding carboxylic acids is 1. The van der Waals surface area contributed by atoms with Crippen molar-refractivity contribution in [3.05, 3.63) is 65.7 Å². The lowest BCUT2D eigenvalue weighted by molar-refractivity contribution is 0.0730. The van der Waals surface area contributed by atoms with Gasteiger partial charge in [-0.1, -0.05) is 42.8 Å². The number of benzene rings is 2. The number of amides is 1. The highest BCUT2D eigenvalue weighted by atomic mass is 32.2. The second-order valence-corrected chi connectivity index (χ2v) is 9.54. The molecule has 1 heterocycles. The molecule has 0 bridgehead atoms. The van der Waals surface area contributed by atoms with Crippen LogP contribution < -0.4 is 5.32 Å². The Labute approximate surface area is 171 Å². The van der Waals surface area contributed by atoms with Gasteiger partial charge in [-0.3, -0.25) is 4.79 Å². The van der Waals surface area contributed by atoms with Crippen molar-refractivity contribution in [2.45, 2.75) is 30.2 Å². The summed E-state index contributed by atoms with van der Waals surface area (Å²) in [6.45, 7) is 1.44. The van der Waals surface area contributed by atoms with Gasteiger partial charge in [0.25, 0.3) is 5.91 Å². The lowest BCUT2D eigenvalue weighted by Gasteiger charge is -2.34. The van der Waals surface area contributed by atoms with E-state index < -0.39 is 10.0 Å². The molecule has 1 unspecified atom stereocenters. The maximum Gasteiger partial charge on any atom is 0.251 e. The fraction of sp³-hybridized carbons (Fsp3) is 0.409. The molecule has 2 fully saturated rings. The van der Waals surface area contributed by atoms with Gasteiger partial charge in [0.1, 0.15) is 0 Å². The largest absolute Gasteiger partial charge is 0.379 e. The van der Waals surface area contributed by atoms with Crippen molar-refractivity contribution in [3.63, 3.8) is 0 Å². The number of ether oxygens (including phenoxy) is 1. The third kappa shape index (κ3) is 4.37. The summed E-state index contributed by atoms with van der Waals surface area (Å²) >= 11 is 0. The molecule has 7 heteroatoms. The molecule has 1 saturated heterocycles. The number of carbonyl (C=O) groups is 1. The standard InChI is InChI=1S/C22H26N2O4S/c25-22(23-21(18-8-4-9-18)17-6-2-1-3-7-17)19-10-5-11-20(16-19)29(26,27)24-12-14-28-15-13-24/h1-3,5-7,10-11,16,18,21H,4,8-9,12-15H2,(H,23,25). The second kappa shape index (κ2) is 8.65. The quantitative estimate of drug-likeness (QED) is 0.789. The third-order valence-corrected chi connectivity index (χ3v) is 7.67. The Morgan fingerprint density at radius 2 is 1.76 bits per heavy atom. The first-order valence-corrected chi connectivity index (χ1v) is 11.5. The van der Waals surface area contributed by atoms with Gasteiger partial charge in [0.05, 0.1) is 24.2 Å². The summed E-state index contributed by atoms with van der Waals surface area (Å²) in [7, 11) is -3.64. The van der Waals surface area contributed by atoms with E-state index in [1.807, 2.05) is 30.3 Å². The van der Waals surface area contributed by atoms with Gasteiger partial charge in [-0.25, -0.2) is 8.42 Å². The van der Waals surface area contributed by atoms with Crippen molar-refractivity contribution in [2.24, 2.45) is 5.92 Å². The average molecular weight is 415 g/mol. The molecule has 1 aliphatic heterocycles. The summed E-state index contributed by atoms with van der Waals surface area (Å²) in [6.07, 6.45) is 3.35. The highest BCUT2D eigenvalue weighted by Gasteiger charge is 2.31. The van der Waals surface area contributed by atoms with Gasteiger partial charge < -0.3 is 10.1 Å². The monoisotopic (exact) mass is 414 g/mol. The number of morpholine rings is 1. The van der Waals surface area contributed by atoms with Gasteiger partial charge in [-0.05, 0) is 42.5 Å². The van der Waals surface area contributed by atoms with Crippen LogP contribution in [-0.4, -0.2) is 44.9 Å². The van der Waals surface area contributed by atoms with E-state index in [1.165, 1.54) is 16.8 Å². The van der Waals surface area contributed by atoms with Crippen molar-refractivity contribution in [3.8, 4) is 0 Å². The van der Waals surface area contributed by atoms with Crippen molar-refractivity contribution in [2.75, 3.05) is 26.3 Å². The predicted octanol–water partition coefficient (Wildman–Crippen LogP) is 2.98. The Hall–Kier alpha value is -2.22. The van der Waals surface area contributed by atoms with E-state index in [9.17, 15) is 13.2 Å². The Morgan fingerprint density at radius 3 is 2.41 bits per heavy atom. The molecule has 1 atom stereocenters. The summed E-state index contributed by atoms with van der Waals surface area (Å²) in [4.78, 5) is 13.1. The lowest BCUT2D eigenvalue weighted by Crippen LogP contribution is -2.40. The molecule has 4 rings (SSSR count). The normalized spacial score (nSPS) is 19.3. The SMILES string of the molecule is O=C(NC(c1ccccc1)C1CCC1)c1cccc(S(=O)(=O)N2CCOCC2)c1.